The van der Waals surface area contributed by atoms with Gasteiger partial charge < -0.3 is 96.5 Å². The number of rotatable bonds is 76. The van der Waals surface area contributed by atoms with Crippen molar-refractivity contribution in [2.45, 2.75) is 200 Å². The predicted octanol–water partition coefficient (Wildman–Crippen LogP) is 11.9. The molecule has 5 N–H and O–H groups in total. The van der Waals surface area contributed by atoms with Crippen LogP contribution in [0.3, 0.4) is 0 Å². The summed E-state index contributed by atoms with van der Waals surface area (Å²) in [4.78, 5) is 50.3. The lowest BCUT2D eigenvalue weighted by molar-refractivity contribution is -0.228. The number of carbonyl (C=O) groups is 3. The van der Waals surface area contributed by atoms with E-state index in [0.29, 0.717) is 152 Å². The first-order chi connectivity index (χ1) is 44.7. The summed E-state index contributed by atoms with van der Waals surface area (Å²) in [5.41, 5.74) is 0. The van der Waals surface area contributed by atoms with Gasteiger partial charge in [0, 0.05) is 26.5 Å². The number of methoxy groups -OCH3 is 1. The molecule has 0 bridgehead atoms. The minimum Gasteiger partial charge on any atom is -0.756 e. The molecule has 1 unspecified atom stereocenters. The Morgan fingerprint density at radius 2 is 0.674 bits per heavy atom. The number of carbonyl (C=O) groups excluding carboxylic acids is 3. The standard InChI is InChI=1S/C67H128NO22P.H3N/c1-4-6-8-10-12-14-16-18-20-22-24-26-28-30-32-34-65(69)87-62-64(90-66(70)35-33-31-29-27-25-23-21-19-17-15-13-11-9-7-5-2)63-89-91(72,73)88-37-36-68-67(71)86-61-60-85-59-58-84-57-56-83-55-54-82-53-52-81-51-50-80-49-48-79-47-46-78-45-44-77-43-42-76-41-40-75-39-38-74-3;/h18-21,64H,4-17,22-63H2,1-3H3,(H,68,71)(H,72,73);1H3/b20-18-,21-19-;/t64-;/m1./s1. The maximum atomic E-state index is 12.9. The van der Waals surface area contributed by atoms with Gasteiger partial charge >= 0.3 is 18.0 Å². The highest BCUT2D eigenvalue weighted by Gasteiger charge is 2.21. The largest absolute Gasteiger partial charge is 0.756 e. The molecule has 24 nitrogen and oxygen atoms in total. The Kier molecular flexibility index (Phi) is 76.7. The van der Waals surface area contributed by atoms with E-state index in [-0.39, 0.29) is 52.0 Å². The third kappa shape index (κ3) is 76.3. The molecule has 0 aliphatic heterocycles. The molecule has 0 saturated carbocycles. The van der Waals surface area contributed by atoms with E-state index in [4.69, 9.17) is 80.1 Å². The Labute approximate surface area is 555 Å². The molecule has 0 aromatic rings. The highest BCUT2D eigenvalue weighted by molar-refractivity contribution is 7.45. The van der Waals surface area contributed by atoms with Crippen LogP contribution < -0.4 is 16.4 Å². The van der Waals surface area contributed by atoms with Crippen molar-refractivity contribution in [3.05, 3.63) is 24.3 Å². The first-order valence-electron chi connectivity index (χ1n) is 34.7. The van der Waals surface area contributed by atoms with E-state index in [1.807, 2.05) is 0 Å². The summed E-state index contributed by atoms with van der Waals surface area (Å²) in [6, 6.07) is 0. The molecule has 0 aromatic carbocycles. The molecule has 0 aliphatic carbocycles. The van der Waals surface area contributed by atoms with Crippen LogP contribution in [0.5, 0.6) is 0 Å². The normalized spacial score (nSPS) is 12.6. The number of phosphoric acid groups is 1. The monoisotopic (exact) mass is 1350 g/mol. The molecule has 0 fully saturated rings. The maximum absolute atomic E-state index is 12.9. The fraction of sp³-hybridized carbons (Fsp3) is 0.896. The van der Waals surface area contributed by atoms with Gasteiger partial charge in [-0.3, -0.25) is 14.2 Å². The Hall–Kier alpha value is -2.72. The van der Waals surface area contributed by atoms with Gasteiger partial charge in [-0.2, -0.15) is 0 Å². The number of amides is 1. The number of alkyl carbamates (subject to hydrolysis) is 1. The van der Waals surface area contributed by atoms with Crippen LogP contribution in [-0.4, -0.2) is 216 Å². The zero-order valence-corrected chi connectivity index (χ0v) is 58.8. The Morgan fingerprint density at radius 1 is 0.370 bits per heavy atom. The number of phosphoric ester groups is 1. The van der Waals surface area contributed by atoms with Gasteiger partial charge in [0.2, 0.25) is 0 Å². The lowest BCUT2D eigenvalue weighted by Gasteiger charge is -2.25. The van der Waals surface area contributed by atoms with Crippen LogP contribution in [0.4, 0.5) is 4.79 Å². The summed E-state index contributed by atoms with van der Waals surface area (Å²) in [6.45, 7) is 13.0. The SMILES string of the molecule is CCCCCCCC/C=C\CCCCCCCC(=O)OC[C@H](COP(=O)([O-])OCCNC(=O)OCCOCCOCCOCCOCCOCCOCCOCCOCCOCCOCCOCCOC)OC(=O)CCCCCCC/C=C\CCCCCCCC.[NH4+]. The third-order valence-corrected chi connectivity index (χ3v) is 14.6. The fourth-order valence-electron chi connectivity index (χ4n) is 8.51. The van der Waals surface area contributed by atoms with Gasteiger partial charge in [-0.15, -0.1) is 0 Å². The second kappa shape index (κ2) is 77.3. The van der Waals surface area contributed by atoms with Crippen molar-refractivity contribution in [2.75, 3.05) is 192 Å². The Bertz CT molecular complexity index is 1640. The van der Waals surface area contributed by atoms with E-state index in [1.165, 1.54) is 77.0 Å². The molecule has 0 saturated heterocycles. The number of unbranched alkanes of at least 4 members (excludes halogenated alkanes) is 22. The van der Waals surface area contributed by atoms with E-state index in [9.17, 15) is 23.8 Å². The van der Waals surface area contributed by atoms with Crippen LogP contribution in [0.15, 0.2) is 24.3 Å². The van der Waals surface area contributed by atoms with Crippen LogP contribution in [0.25, 0.3) is 0 Å². The molecule has 0 rings (SSSR count). The molecule has 0 spiro atoms. The molecule has 0 aliphatic rings. The van der Waals surface area contributed by atoms with Crippen LogP contribution in [-0.2, 0) is 94.3 Å². The smallest absolute Gasteiger partial charge is 0.407 e. The quantitative estimate of drug-likeness (QED) is 0.0188. The van der Waals surface area contributed by atoms with E-state index in [2.05, 4.69) is 43.5 Å². The van der Waals surface area contributed by atoms with Gasteiger partial charge in [0.25, 0.3) is 7.82 Å². The summed E-state index contributed by atoms with van der Waals surface area (Å²) in [5, 5.41) is 2.40. The van der Waals surface area contributed by atoms with Gasteiger partial charge in [-0.1, -0.05) is 141 Å². The summed E-state index contributed by atoms with van der Waals surface area (Å²) >= 11 is 0. The number of esters is 2. The highest BCUT2D eigenvalue weighted by atomic mass is 31.2. The Morgan fingerprint density at radius 3 is 1.02 bits per heavy atom. The minimum atomic E-state index is -4.91. The van der Waals surface area contributed by atoms with Gasteiger partial charge in [0.05, 0.1) is 165 Å². The summed E-state index contributed by atoms with van der Waals surface area (Å²) in [7, 11) is -3.27. The fourth-order valence-corrected chi connectivity index (χ4v) is 9.25. The molecule has 0 heterocycles. The molecule has 0 radical (unpaired) electrons. The van der Waals surface area contributed by atoms with Crippen LogP contribution in [0.2, 0.25) is 0 Å². The van der Waals surface area contributed by atoms with Crippen LogP contribution in [0.1, 0.15) is 194 Å². The van der Waals surface area contributed by atoms with E-state index in [0.717, 1.165) is 77.0 Å². The minimum absolute atomic E-state index is 0. The lowest BCUT2D eigenvalue weighted by Crippen LogP contribution is -2.31. The van der Waals surface area contributed by atoms with E-state index < -0.39 is 45.2 Å². The lowest BCUT2D eigenvalue weighted by atomic mass is 10.1. The average molecular weight is 1350 g/mol. The molecule has 25 heteroatoms. The van der Waals surface area contributed by atoms with Crippen LogP contribution in [0, 0.1) is 0 Å². The van der Waals surface area contributed by atoms with Crippen molar-refractivity contribution in [1.82, 2.24) is 11.5 Å². The van der Waals surface area contributed by atoms with E-state index in [1.54, 1.807) is 7.11 Å². The van der Waals surface area contributed by atoms with Crippen molar-refractivity contribution in [3.63, 3.8) is 0 Å². The average Bonchev–Trinajstić information content (AvgIpc) is 3.75. The molecular weight excluding hydrogens is 1220 g/mol. The third-order valence-electron chi connectivity index (χ3n) is 13.7. The van der Waals surface area contributed by atoms with Gasteiger partial charge in [-0.05, 0) is 64.2 Å². The molecule has 546 valence electrons. The van der Waals surface area contributed by atoms with Crippen LogP contribution >= 0.6 is 7.82 Å². The molecule has 2 atom stereocenters. The van der Waals surface area contributed by atoms with Crippen molar-refractivity contribution >= 4 is 25.9 Å². The summed E-state index contributed by atoms with van der Waals surface area (Å²) < 4.78 is 104. The maximum Gasteiger partial charge on any atom is 0.407 e. The topological polar surface area (TPSA) is 297 Å². The second-order valence-electron chi connectivity index (χ2n) is 21.8. The Balaban J connectivity index is 0. The van der Waals surface area contributed by atoms with E-state index >= 15 is 0 Å². The molecule has 1 amide bonds. The van der Waals surface area contributed by atoms with Crippen molar-refractivity contribution in [3.8, 4) is 0 Å². The molecular formula is C67H131N2O22P. The van der Waals surface area contributed by atoms with Gasteiger partial charge in [0.1, 0.15) is 13.2 Å². The van der Waals surface area contributed by atoms with Crippen molar-refractivity contribution in [2.24, 2.45) is 0 Å². The zero-order valence-electron chi connectivity index (χ0n) is 57.9. The summed E-state index contributed by atoms with van der Waals surface area (Å²) in [5.74, 6) is -0.995. The van der Waals surface area contributed by atoms with Gasteiger partial charge in [0.15, 0.2) is 6.10 Å². The zero-order chi connectivity index (χ0) is 66.0. The van der Waals surface area contributed by atoms with Crippen molar-refractivity contribution < 1.29 is 104 Å². The number of hydrogen-bond acceptors (Lipinski definition) is 22. The number of hydrogen-bond donors (Lipinski definition) is 2. The first-order valence-corrected chi connectivity index (χ1v) is 36.2. The number of quaternary nitrogens is 1. The summed E-state index contributed by atoms with van der Waals surface area (Å²) in [6.07, 6.45) is 37.0. The first kappa shape index (κ1) is 91.3. The predicted molar refractivity (Wildman–Crippen MR) is 355 cm³/mol. The number of allylic oxidation sites excluding steroid dienone is 4. The molecule has 0 aromatic heterocycles. The highest BCUT2D eigenvalue weighted by Crippen LogP contribution is 2.38. The number of nitrogens with one attached hydrogen (secondary N) is 1. The second-order valence-corrected chi connectivity index (χ2v) is 23.2. The molecule has 92 heavy (non-hydrogen) atoms. The number of ether oxygens (including phenoxy) is 15. The van der Waals surface area contributed by atoms with Crippen molar-refractivity contribution in [1.29, 1.82) is 0 Å². The van der Waals surface area contributed by atoms with Gasteiger partial charge in [-0.25, -0.2) is 4.79 Å².